The lowest BCUT2D eigenvalue weighted by Gasteiger charge is -2.22. The van der Waals surface area contributed by atoms with E-state index in [0.29, 0.717) is 33.4 Å². The Hall–Kier alpha value is -5.80. The number of aromatic nitrogens is 2. The van der Waals surface area contributed by atoms with Crippen molar-refractivity contribution < 1.29 is 13.2 Å². The fourth-order valence-corrected chi connectivity index (χ4v) is 6.84. The molecule has 8 aromatic rings. The molecule has 8 rings (SSSR count). The number of alkyl halides is 3. The van der Waals surface area contributed by atoms with Crippen LogP contribution in [0.25, 0.3) is 66.1 Å². The number of benzene rings is 6. The average Bonchev–Trinajstić information content (AvgIpc) is 3.55. The van der Waals surface area contributed by atoms with Crippen molar-refractivity contribution in [1.82, 2.24) is 9.13 Å². The number of nitriles is 1. The number of hydrogen-bond donors (Lipinski definition) is 0. The zero-order valence-electron chi connectivity index (χ0n) is 25.0. The molecule has 2 aromatic heterocycles. The van der Waals surface area contributed by atoms with E-state index in [2.05, 4.69) is 6.07 Å². The zero-order valence-corrected chi connectivity index (χ0v) is 25.0. The first kappa shape index (κ1) is 27.7. The number of fused-ring (bicyclic) bond motifs is 6. The van der Waals surface area contributed by atoms with Crippen molar-refractivity contribution in [2.24, 2.45) is 0 Å². The number of hydrogen-bond acceptors (Lipinski definition) is 1. The van der Waals surface area contributed by atoms with Gasteiger partial charge in [0.25, 0.3) is 0 Å². The lowest BCUT2D eigenvalue weighted by Crippen LogP contribution is -2.13. The van der Waals surface area contributed by atoms with Gasteiger partial charge >= 0.3 is 6.18 Å². The van der Waals surface area contributed by atoms with Crippen molar-refractivity contribution in [3.05, 3.63) is 144 Å². The maximum absolute atomic E-state index is 15.4. The molecule has 0 fully saturated rings. The standard InChI is InChI=1S/C40H26F3N3/c1-24-14-16-30-28-10-3-5-12-34(28)45(36(30)18-24)38-22-33(40(41,42)43)39(21-32(38)27-9-7-8-26(20-27)23-44)46-35-13-6-4-11-29(35)31-17-15-25(2)19-37(31)46/h3-22H,1-2H3. The number of para-hydroxylation sites is 2. The van der Waals surface area contributed by atoms with Gasteiger partial charge in [-0.3, -0.25) is 0 Å². The predicted molar refractivity (Wildman–Crippen MR) is 180 cm³/mol. The van der Waals surface area contributed by atoms with Gasteiger partial charge in [0.1, 0.15) is 0 Å². The topological polar surface area (TPSA) is 33.6 Å². The maximum atomic E-state index is 15.4. The van der Waals surface area contributed by atoms with Crippen molar-refractivity contribution in [3.63, 3.8) is 0 Å². The van der Waals surface area contributed by atoms with Gasteiger partial charge in [-0.15, -0.1) is 0 Å². The summed E-state index contributed by atoms with van der Waals surface area (Å²) in [4.78, 5) is 0. The van der Waals surface area contributed by atoms with Crippen molar-refractivity contribution in [2.75, 3.05) is 0 Å². The molecule has 0 saturated carbocycles. The lowest BCUT2D eigenvalue weighted by atomic mass is 9.97. The van der Waals surface area contributed by atoms with Crippen LogP contribution in [-0.4, -0.2) is 9.13 Å². The third kappa shape index (κ3) is 4.20. The van der Waals surface area contributed by atoms with Crippen molar-refractivity contribution in [3.8, 4) is 28.6 Å². The molecular weight excluding hydrogens is 579 g/mol. The molecule has 2 heterocycles. The minimum atomic E-state index is -4.67. The van der Waals surface area contributed by atoms with Gasteiger partial charge in [0.2, 0.25) is 0 Å². The molecule has 0 bridgehead atoms. The average molecular weight is 606 g/mol. The third-order valence-corrected chi connectivity index (χ3v) is 8.86. The zero-order chi connectivity index (χ0) is 31.7. The van der Waals surface area contributed by atoms with E-state index < -0.39 is 11.7 Å². The highest BCUT2D eigenvalue weighted by molar-refractivity contribution is 6.11. The highest BCUT2D eigenvalue weighted by Gasteiger charge is 2.36. The van der Waals surface area contributed by atoms with E-state index in [0.717, 1.165) is 43.7 Å². The Morgan fingerprint density at radius 3 is 1.65 bits per heavy atom. The molecule has 0 saturated heterocycles. The van der Waals surface area contributed by atoms with Crippen LogP contribution in [0.15, 0.2) is 121 Å². The smallest absolute Gasteiger partial charge is 0.309 e. The number of aryl methyl sites for hydroxylation is 2. The molecule has 0 aliphatic heterocycles. The van der Waals surface area contributed by atoms with Gasteiger partial charge in [-0.25, -0.2) is 0 Å². The van der Waals surface area contributed by atoms with E-state index in [4.69, 9.17) is 0 Å². The highest BCUT2D eigenvalue weighted by Crippen LogP contribution is 2.45. The summed E-state index contributed by atoms with van der Waals surface area (Å²) in [5.74, 6) is 0. The van der Waals surface area contributed by atoms with Crippen LogP contribution in [0.2, 0.25) is 0 Å². The van der Waals surface area contributed by atoms with E-state index in [1.165, 1.54) is 6.07 Å². The van der Waals surface area contributed by atoms with Gasteiger partial charge in [0, 0.05) is 27.1 Å². The molecule has 0 N–H and O–H groups in total. The van der Waals surface area contributed by atoms with Gasteiger partial charge in [-0.05, 0) is 79.1 Å². The number of rotatable bonds is 3. The Labute approximate surface area is 263 Å². The molecule has 0 amide bonds. The van der Waals surface area contributed by atoms with E-state index in [1.807, 2.05) is 109 Å². The summed E-state index contributed by atoms with van der Waals surface area (Å²) in [6.45, 7) is 3.92. The second-order valence-electron chi connectivity index (χ2n) is 11.8. The summed E-state index contributed by atoms with van der Waals surface area (Å²) >= 11 is 0. The van der Waals surface area contributed by atoms with Crippen LogP contribution >= 0.6 is 0 Å². The van der Waals surface area contributed by atoms with E-state index in [9.17, 15) is 5.26 Å². The Bertz CT molecular complexity index is 2560. The Balaban J connectivity index is 1.58. The van der Waals surface area contributed by atoms with E-state index >= 15 is 13.2 Å². The van der Waals surface area contributed by atoms with E-state index in [-0.39, 0.29) is 5.69 Å². The molecule has 6 heteroatoms. The van der Waals surface area contributed by atoms with Gasteiger partial charge in [0.15, 0.2) is 0 Å². The van der Waals surface area contributed by atoms with Crippen molar-refractivity contribution in [1.29, 1.82) is 5.26 Å². The number of nitrogens with zero attached hydrogens (tertiary/aromatic N) is 3. The molecule has 3 nitrogen and oxygen atoms in total. The van der Waals surface area contributed by atoms with Gasteiger partial charge < -0.3 is 9.13 Å². The largest absolute Gasteiger partial charge is 0.418 e. The molecule has 0 aliphatic carbocycles. The minimum absolute atomic E-state index is 0.0300. The summed E-state index contributed by atoms with van der Waals surface area (Å²) in [5, 5.41) is 13.4. The maximum Gasteiger partial charge on any atom is 0.418 e. The van der Waals surface area contributed by atoms with Gasteiger partial charge in [-0.1, -0.05) is 72.8 Å². The second-order valence-corrected chi connectivity index (χ2v) is 11.8. The third-order valence-electron chi connectivity index (χ3n) is 8.86. The van der Waals surface area contributed by atoms with Crippen LogP contribution in [0.5, 0.6) is 0 Å². The van der Waals surface area contributed by atoms with Crippen LogP contribution in [0, 0.1) is 25.2 Å². The Morgan fingerprint density at radius 2 is 1.09 bits per heavy atom. The highest BCUT2D eigenvalue weighted by atomic mass is 19.4. The quantitative estimate of drug-likeness (QED) is 0.197. The monoisotopic (exact) mass is 605 g/mol. The Morgan fingerprint density at radius 1 is 0.543 bits per heavy atom. The van der Waals surface area contributed by atoms with Crippen LogP contribution in [-0.2, 0) is 6.18 Å². The molecule has 0 radical (unpaired) electrons. The fraction of sp³-hybridized carbons (Fsp3) is 0.0750. The lowest BCUT2D eigenvalue weighted by molar-refractivity contribution is -0.137. The summed E-state index contributed by atoms with van der Waals surface area (Å²) in [5.41, 5.74) is 6.28. The van der Waals surface area contributed by atoms with Crippen molar-refractivity contribution >= 4 is 43.6 Å². The van der Waals surface area contributed by atoms with Crippen LogP contribution < -0.4 is 0 Å². The van der Waals surface area contributed by atoms with Crippen LogP contribution in [0.1, 0.15) is 22.3 Å². The predicted octanol–water partition coefficient (Wildman–Crippen LogP) is 11.1. The molecule has 0 aliphatic rings. The minimum Gasteiger partial charge on any atom is -0.309 e. The molecule has 222 valence electrons. The molecule has 0 spiro atoms. The van der Waals surface area contributed by atoms with Crippen LogP contribution in [0.3, 0.4) is 0 Å². The molecule has 0 unspecified atom stereocenters. The first-order chi connectivity index (χ1) is 22.2. The summed E-state index contributed by atoms with van der Waals surface area (Å²) in [7, 11) is 0. The molecule has 6 aromatic carbocycles. The first-order valence-corrected chi connectivity index (χ1v) is 15.0. The van der Waals surface area contributed by atoms with Crippen molar-refractivity contribution in [2.45, 2.75) is 20.0 Å². The molecule has 0 atom stereocenters. The van der Waals surface area contributed by atoms with Crippen LogP contribution in [0.4, 0.5) is 13.2 Å². The van der Waals surface area contributed by atoms with E-state index in [1.54, 1.807) is 28.8 Å². The normalized spacial score (nSPS) is 12.0. The summed E-state index contributed by atoms with van der Waals surface area (Å²) in [6.07, 6.45) is -4.67. The number of halogens is 3. The Kier molecular flexibility index (Phi) is 6.10. The SMILES string of the molecule is Cc1ccc2c3ccccc3n(-c3cc(C(F)(F)F)c(-n4c5ccccc5c5ccc(C)cc54)cc3-c3cccc(C#N)c3)c2c1. The molecule has 46 heavy (non-hydrogen) atoms. The van der Waals surface area contributed by atoms with Gasteiger partial charge in [0.05, 0.1) is 50.6 Å². The van der Waals surface area contributed by atoms with Gasteiger partial charge in [-0.2, -0.15) is 18.4 Å². The first-order valence-electron chi connectivity index (χ1n) is 15.0. The summed E-state index contributed by atoms with van der Waals surface area (Å²) < 4.78 is 49.9. The molecular formula is C40H26F3N3. The summed E-state index contributed by atoms with van der Waals surface area (Å²) in [6, 6.07) is 39.5. The second kappa shape index (κ2) is 10.1. The fourth-order valence-electron chi connectivity index (χ4n) is 6.84.